The third-order valence-corrected chi connectivity index (χ3v) is 3.88. The van der Waals surface area contributed by atoms with Crippen molar-refractivity contribution in [1.82, 2.24) is 0 Å². The Balaban J connectivity index is 2.02. The van der Waals surface area contributed by atoms with Crippen LogP contribution in [0.4, 0.5) is 5.69 Å². The van der Waals surface area contributed by atoms with Gasteiger partial charge in [-0.15, -0.1) is 0 Å². The molecule has 0 saturated heterocycles. The Labute approximate surface area is 99.4 Å². The maximum absolute atomic E-state index is 5.80. The molecule has 2 nitrogen and oxygen atoms in total. The van der Waals surface area contributed by atoms with E-state index in [4.69, 9.17) is 5.73 Å². The number of anilines is 1. The lowest BCUT2D eigenvalue weighted by molar-refractivity contribution is 0.277. The number of hydrogen-bond donors (Lipinski definition) is 2. The minimum Gasteiger partial charge on any atom is -0.380 e. The summed E-state index contributed by atoms with van der Waals surface area (Å²) < 4.78 is 1.11. The molecule has 0 bridgehead atoms. The van der Waals surface area contributed by atoms with Gasteiger partial charge in [0.2, 0.25) is 0 Å². The molecule has 0 radical (unpaired) electrons. The normalized spacial score (nSPS) is 18.3. The van der Waals surface area contributed by atoms with Crippen molar-refractivity contribution < 1.29 is 0 Å². The highest BCUT2D eigenvalue weighted by Gasteiger charge is 2.26. The molecule has 1 atom stereocenters. The van der Waals surface area contributed by atoms with Crippen molar-refractivity contribution in [2.24, 2.45) is 11.7 Å². The fraction of sp³-hybridized carbons (Fsp3) is 0.500. The molecule has 0 aromatic heterocycles. The molecule has 1 unspecified atom stereocenters. The molecule has 15 heavy (non-hydrogen) atoms. The highest BCUT2D eigenvalue weighted by molar-refractivity contribution is 9.10. The monoisotopic (exact) mass is 268 g/mol. The van der Waals surface area contributed by atoms with Gasteiger partial charge in [0, 0.05) is 22.7 Å². The third-order valence-electron chi connectivity index (χ3n) is 3.19. The van der Waals surface area contributed by atoms with Crippen molar-refractivity contribution in [3.8, 4) is 0 Å². The zero-order valence-electron chi connectivity index (χ0n) is 8.75. The first kappa shape index (κ1) is 11.0. The van der Waals surface area contributed by atoms with Crippen molar-refractivity contribution in [2.45, 2.75) is 25.3 Å². The van der Waals surface area contributed by atoms with Gasteiger partial charge in [0.1, 0.15) is 0 Å². The van der Waals surface area contributed by atoms with Crippen molar-refractivity contribution in [3.05, 3.63) is 28.7 Å². The largest absolute Gasteiger partial charge is 0.380 e. The van der Waals surface area contributed by atoms with Crippen molar-refractivity contribution in [3.63, 3.8) is 0 Å². The highest BCUT2D eigenvalue weighted by Crippen LogP contribution is 2.32. The number of halogens is 1. The minimum absolute atomic E-state index is 0.428. The first-order valence-corrected chi connectivity index (χ1v) is 6.31. The molecule has 1 aromatic rings. The number of nitrogens with one attached hydrogen (secondary N) is 1. The summed E-state index contributed by atoms with van der Waals surface area (Å²) >= 11 is 3.54. The molecule has 3 N–H and O–H groups in total. The van der Waals surface area contributed by atoms with Crippen LogP contribution in [0.25, 0.3) is 0 Å². The number of para-hydroxylation sites is 1. The van der Waals surface area contributed by atoms with Gasteiger partial charge in [-0.25, -0.2) is 0 Å². The average Bonchev–Trinajstić information content (AvgIpc) is 2.17. The van der Waals surface area contributed by atoms with Crippen LogP contribution in [0.5, 0.6) is 0 Å². The van der Waals surface area contributed by atoms with E-state index < -0.39 is 0 Å². The second kappa shape index (κ2) is 4.99. The Morgan fingerprint density at radius 2 is 2.13 bits per heavy atom. The maximum atomic E-state index is 5.80. The second-order valence-corrected chi connectivity index (χ2v) is 5.01. The summed E-state index contributed by atoms with van der Waals surface area (Å²) in [6.45, 7) is 0.714. The van der Waals surface area contributed by atoms with Gasteiger partial charge in [-0.3, -0.25) is 0 Å². The van der Waals surface area contributed by atoms with E-state index in [1.807, 2.05) is 12.1 Å². The smallest absolute Gasteiger partial charge is 0.0487 e. The lowest BCUT2D eigenvalue weighted by Gasteiger charge is -2.34. The van der Waals surface area contributed by atoms with Crippen LogP contribution in [0.15, 0.2) is 28.7 Å². The van der Waals surface area contributed by atoms with E-state index in [0.29, 0.717) is 12.6 Å². The molecule has 1 aliphatic carbocycles. The standard InChI is InChI=1S/C12H17BrN2/c13-10-6-1-2-7-11(10)15-12(8-14)9-4-3-5-9/h1-2,6-7,9,12,15H,3-5,8,14H2. The van der Waals surface area contributed by atoms with Gasteiger partial charge in [0.25, 0.3) is 0 Å². The van der Waals surface area contributed by atoms with Gasteiger partial charge in [-0.2, -0.15) is 0 Å². The highest BCUT2D eigenvalue weighted by atomic mass is 79.9. The average molecular weight is 269 g/mol. The summed E-state index contributed by atoms with van der Waals surface area (Å²) in [5.41, 5.74) is 6.96. The zero-order chi connectivity index (χ0) is 10.7. The zero-order valence-corrected chi connectivity index (χ0v) is 10.3. The van der Waals surface area contributed by atoms with Crippen LogP contribution < -0.4 is 11.1 Å². The lowest BCUT2D eigenvalue weighted by Crippen LogP contribution is -2.39. The predicted molar refractivity (Wildman–Crippen MR) is 67.9 cm³/mol. The van der Waals surface area contributed by atoms with Crippen LogP contribution >= 0.6 is 15.9 Å². The van der Waals surface area contributed by atoms with Crippen LogP contribution in [-0.2, 0) is 0 Å². The Morgan fingerprint density at radius 3 is 2.67 bits per heavy atom. The lowest BCUT2D eigenvalue weighted by atomic mass is 9.79. The summed E-state index contributed by atoms with van der Waals surface area (Å²) in [5, 5.41) is 3.53. The van der Waals surface area contributed by atoms with Gasteiger partial charge in [0.15, 0.2) is 0 Å². The number of rotatable bonds is 4. The molecule has 1 saturated carbocycles. The fourth-order valence-electron chi connectivity index (χ4n) is 1.99. The molecular weight excluding hydrogens is 252 g/mol. The Hall–Kier alpha value is -0.540. The molecule has 0 spiro atoms. The van der Waals surface area contributed by atoms with E-state index in [9.17, 15) is 0 Å². The van der Waals surface area contributed by atoms with E-state index in [0.717, 1.165) is 16.1 Å². The minimum atomic E-state index is 0.428. The van der Waals surface area contributed by atoms with Crippen LogP contribution in [0.2, 0.25) is 0 Å². The maximum Gasteiger partial charge on any atom is 0.0487 e. The first-order chi connectivity index (χ1) is 7.31. The van der Waals surface area contributed by atoms with Crippen molar-refractivity contribution in [1.29, 1.82) is 0 Å². The summed E-state index contributed by atoms with van der Waals surface area (Å²) in [4.78, 5) is 0. The number of hydrogen-bond acceptors (Lipinski definition) is 2. The molecule has 0 heterocycles. The molecule has 0 aliphatic heterocycles. The quantitative estimate of drug-likeness (QED) is 0.881. The summed E-state index contributed by atoms with van der Waals surface area (Å²) in [7, 11) is 0. The van der Waals surface area contributed by atoms with Gasteiger partial charge in [-0.1, -0.05) is 18.6 Å². The molecule has 0 amide bonds. The third kappa shape index (κ3) is 2.52. The Bertz CT molecular complexity index is 323. The summed E-state index contributed by atoms with van der Waals surface area (Å²) in [6.07, 6.45) is 4.00. The van der Waals surface area contributed by atoms with E-state index in [-0.39, 0.29) is 0 Å². The summed E-state index contributed by atoms with van der Waals surface area (Å²) in [5.74, 6) is 0.766. The molecule has 1 fully saturated rings. The van der Waals surface area contributed by atoms with Crippen LogP contribution in [0.1, 0.15) is 19.3 Å². The molecule has 2 rings (SSSR count). The first-order valence-electron chi connectivity index (χ1n) is 5.52. The molecule has 1 aromatic carbocycles. The van der Waals surface area contributed by atoms with Gasteiger partial charge >= 0.3 is 0 Å². The number of nitrogens with two attached hydrogens (primary N) is 1. The van der Waals surface area contributed by atoms with Crippen LogP contribution in [0.3, 0.4) is 0 Å². The molecule has 82 valence electrons. The van der Waals surface area contributed by atoms with Gasteiger partial charge in [0.05, 0.1) is 0 Å². The van der Waals surface area contributed by atoms with E-state index in [1.54, 1.807) is 0 Å². The van der Waals surface area contributed by atoms with Crippen LogP contribution in [-0.4, -0.2) is 12.6 Å². The van der Waals surface area contributed by atoms with E-state index in [1.165, 1.54) is 19.3 Å². The number of benzene rings is 1. The molecule has 1 aliphatic rings. The Kier molecular flexibility index (Phi) is 3.65. The predicted octanol–water partition coefficient (Wildman–Crippen LogP) is 2.99. The topological polar surface area (TPSA) is 38.0 Å². The van der Waals surface area contributed by atoms with E-state index in [2.05, 4.69) is 33.4 Å². The fourth-order valence-corrected chi connectivity index (χ4v) is 2.39. The van der Waals surface area contributed by atoms with Gasteiger partial charge in [-0.05, 0) is 46.8 Å². The molecule has 3 heteroatoms. The Morgan fingerprint density at radius 1 is 1.40 bits per heavy atom. The molecular formula is C12H17BrN2. The SMILES string of the molecule is NCC(Nc1ccccc1Br)C1CCC1. The van der Waals surface area contributed by atoms with Crippen LogP contribution in [0, 0.1) is 5.92 Å². The van der Waals surface area contributed by atoms with Crippen molar-refractivity contribution >= 4 is 21.6 Å². The summed E-state index contributed by atoms with van der Waals surface area (Å²) in [6, 6.07) is 8.64. The van der Waals surface area contributed by atoms with Gasteiger partial charge < -0.3 is 11.1 Å². The second-order valence-electron chi connectivity index (χ2n) is 4.16. The van der Waals surface area contributed by atoms with E-state index >= 15 is 0 Å². The van der Waals surface area contributed by atoms with Crippen molar-refractivity contribution in [2.75, 3.05) is 11.9 Å².